The van der Waals surface area contributed by atoms with Gasteiger partial charge in [0.25, 0.3) is 0 Å². The Bertz CT molecular complexity index is 835. The molecular weight excluding hydrogens is 364 g/mol. The van der Waals surface area contributed by atoms with Crippen LogP contribution in [0.3, 0.4) is 0 Å². The third-order valence-corrected chi connectivity index (χ3v) is 5.63. The fourth-order valence-electron chi connectivity index (χ4n) is 4.09. The van der Waals surface area contributed by atoms with E-state index in [-0.39, 0.29) is 11.6 Å². The molecule has 0 aliphatic heterocycles. The van der Waals surface area contributed by atoms with Crippen LogP contribution in [0.15, 0.2) is 40.4 Å². The highest BCUT2D eigenvalue weighted by atomic mass is 79.9. The molecule has 1 aromatic rings. The summed E-state index contributed by atoms with van der Waals surface area (Å²) >= 11 is 3.45. The molecule has 24 heavy (non-hydrogen) atoms. The quantitative estimate of drug-likeness (QED) is 0.730. The molecule has 4 nitrogen and oxygen atoms in total. The molecule has 0 amide bonds. The summed E-state index contributed by atoms with van der Waals surface area (Å²) in [5.41, 5.74) is 0.108. The van der Waals surface area contributed by atoms with Crippen LogP contribution < -0.4 is 0 Å². The van der Waals surface area contributed by atoms with Crippen LogP contribution in [0, 0.1) is 56.7 Å². The van der Waals surface area contributed by atoms with Crippen molar-refractivity contribution in [2.75, 3.05) is 0 Å². The van der Waals surface area contributed by atoms with Gasteiger partial charge in [-0.25, -0.2) is 0 Å². The summed E-state index contributed by atoms with van der Waals surface area (Å²) in [6, 6.07) is 14.0. The van der Waals surface area contributed by atoms with Crippen LogP contribution in [0.1, 0.15) is 30.7 Å². The van der Waals surface area contributed by atoms with Gasteiger partial charge in [-0.2, -0.15) is 15.8 Å². The molecule has 0 spiro atoms. The Morgan fingerprint density at radius 1 is 1.21 bits per heavy atom. The Kier molecular flexibility index (Phi) is 4.27. The van der Waals surface area contributed by atoms with Crippen LogP contribution in [0.25, 0.3) is 0 Å². The van der Waals surface area contributed by atoms with E-state index in [9.17, 15) is 15.8 Å². The van der Waals surface area contributed by atoms with E-state index in [0.29, 0.717) is 0 Å². The molecule has 118 valence electrons. The standard InChI is InChI=1S/C19H15BrN4/c20-13-5-3-4-12(8-13)17-15-7-2-1-6-14(15)16(9-21)18(24)19(17,10-22)11-23/h3-6,8,15-17,24H,1-2,7H2/t15-,16+,17+/m0/s1. The van der Waals surface area contributed by atoms with E-state index < -0.39 is 17.3 Å². The van der Waals surface area contributed by atoms with Gasteiger partial charge in [0.05, 0.1) is 23.9 Å². The Balaban J connectivity index is 2.27. The minimum Gasteiger partial charge on any atom is -0.305 e. The maximum Gasteiger partial charge on any atom is 0.189 e. The van der Waals surface area contributed by atoms with Gasteiger partial charge in [0.2, 0.25) is 0 Å². The number of nitrogens with one attached hydrogen (secondary N) is 1. The van der Waals surface area contributed by atoms with Gasteiger partial charge in [-0.15, -0.1) is 0 Å². The minimum atomic E-state index is -1.60. The van der Waals surface area contributed by atoms with E-state index in [0.717, 1.165) is 34.9 Å². The molecule has 2 aliphatic rings. The first-order valence-electron chi connectivity index (χ1n) is 7.85. The van der Waals surface area contributed by atoms with Gasteiger partial charge in [0.15, 0.2) is 5.41 Å². The van der Waals surface area contributed by atoms with Gasteiger partial charge < -0.3 is 5.41 Å². The Morgan fingerprint density at radius 3 is 2.58 bits per heavy atom. The lowest BCUT2D eigenvalue weighted by Gasteiger charge is -2.45. The molecule has 0 saturated heterocycles. The van der Waals surface area contributed by atoms with Gasteiger partial charge in [0, 0.05) is 10.4 Å². The van der Waals surface area contributed by atoms with E-state index in [1.165, 1.54) is 0 Å². The molecule has 2 aliphatic carbocycles. The predicted octanol–water partition coefficient (Wildman–Crippen LogP) is 4.47. The zero-order valence-corrected chi connectivity index (χ0v) is 14.5. The number of hydrogen-bond donors (Lipinski definition) is 1. The maximum atomic E-state index is 9.86. The summed E-state index contributed by atoms with van der Waals surface area (Å²) in [5, 5.41) is 37.8. The van der Waals surface area contributed by atoms with Crippen LogP contribution in [-0.2, 0) is 0 Å². The van der Waals surface area contributed by atoms with Crippen LogP contribution in [0.2, 0.25) is 0 Å². The molecule has 1 fully saturated rings. The number of rotatable bonds is 1. The highest BCUT2D eigenvalue weighted by Gasteiger charge is 2.57. The lowest BCUT2D eigenvalue weighted by Crippen LogP contribution is -2.48. The molecular formula is C19H15BrN4. The summed E-state index contributed by atoms with van der Waals surface area (Å²) < 4.78 is 0.875. The van der Waals surface area contributed by atoms with E-state index in [2.05, 4.69) is 34.1 Å². The van der Waals surface area contributed by atoms with Gasteiger partial charge >= 0.3 is 0 Å². The summed E-state index contributed by atoms with van der Waals surface area (Å²) in [5.74, 6) is -1.24. The summed E-state index contributed by atoms with van der Waals surface area (Å²) in [7, 11) is 0. The molecule has 3 atom stereocenters. The number of benzene rings is 1. The molecule has 0 bridgehead atoms. The van der Waals surface area contributed by atoms with E-state index in [1.807, 2.05) is 30.3 Å². The SMILES string of the molecule is N#C[C@H]1C(=N)C(C#N)(C#N)[C@H](c2cccc(Br)c2)[C@H]2CCCC=C12. The van der Waals surface area contributed by atoms with Crippen LogP contribution >= 0.6 is 15.9 Å². The number of nitriles is 3. The van der Waals surface area contributed by atoms with Gasteiger partial charge in [0.1, 0.15) is 5.92 Å². The molecule has 3 rings (SSSR count). The van der Waals surface area contributed by atoms with Crippen molar-refractivity contribution < 1.29 is 0 Å². The predicted molar refractivity (Wildman–Crippen MR) is 92.8 cm³/mol. The fourth-order valence-corrected chi connectivity index (χ4v) is 4.50. The first-order valence-corrected chi connectivity index (χ1v) is 8.64. The van der Waals surface area contributed by atoms with Crippen molar-refractivity contribution in [3.63, 3.8) is 0 Å². The molecule has 1 aromatic carbocycles. The number of hydrogen-bond acceptors (Lipinski definition) is 4. The smallest absolute Gasteiger partial charge is 0.189 e. The molecule has 5 heteroatoms. The molecule has 1 saturated carbocycles. The van der Waals surface area contributed by atoms with Crippen molar-refractivity contribution in [1.82, 2.24) is 0 Å². The van der Waals surface area contributed by atoms with Crippen molar-refractivity contribution in [3.05, 3.63) is 46.0 Å². The van der Waals surface area contributed by atoms with E-state index >= 15 is 0 Å². The third-order valence-electron chi connectivity index (χ3n) is 5.13. The Hall–Kier alpha value is -2.42. The topological polar surface area (TPSA) is 95.2 Å². The van der Waals surface area contributed by atoms with Crippen LogP contribution in [0.5, 0.6) is 0 Å². The average molecular weight is 379 g/mol. The lowest BCUT2D eigenvalue weighted by molar-refractivity contribution is 0.320. The van der Waals surface area contributed by atoms with Gasteiger partial charge in [-0.05, 0) is 48.4 Å². The second-order valence-corrected chi connectivity index (χ2v) is 7.20. The largest absolute Gasteiger partial charge is 0.305 e. The van der Waals surface area contributed by atoms with Crippen LogP contribution in [0.4, 0.5) is 0 Å². The first kappa shape index (κ1) is 16.4. The molecule has 0 radical (unpaired) electrons. The average Bonchev–Trinajstić information content (AvgIpc) is 2.61. The van der Waals surface area contributed by atoms with Crippen LogP contribution in [-0.4, -0.2) is 5.71 Å². The lowest BCUT2D eigenvalue weighted by atomic mass is 9.53. The fraction of sp³-hybridized carbons (Fsp3) is 0.368. The van der Waals surface area contributed by atoms with E-state index in [1.54, 1.807) is 0 Å². The highest BCUT2D eigenvalue weighted by Crippen LogP contribution is 2.55. The Labute approximate surface area is 149 Å². The normalized spacial score (nSPS) is 27.8. The number of halogens is 1. The van der Waals surface area contributed by atoms with Crippen molar-refractivity contribution in [2.45, 2.75) is 25.2 Å². The summed E-state index contributed by atoms with van der Waals surface area (Å²) in [6.07, 6.45) is 4.73. The zero-order valence-electron chi connectivity index (χ0n) is 13.0. The molecule has 0 heterocycles. The van der Waals surface area contributed by atoms with Gasteiger partial charge in [-0.3, -0.25) is 0 Å². The number of allylic oxidation sites excluding steroid dienone is 2. The van der Waals surface area contributed by atoms with Crippen molar-refractivity contribution in [2.24, 2.45) is 17.3 Å². The number of fused-ring (bicyclic) bond motifs is 1. The van der Waals surface area contributed by atoms with Crippen molar-refractivity contribution >= 4 is 21.6 Å². The second kappa shape index (κ2) is 6.23. The Morgan fingerprint density at radius 2 is 1.96 bits per heavy atom. The maximum absolute atomic E-state index is 9.86. The minimum absolute atomic E-state index is 0.0499. The summed E-state index contributed by atoms with van der Waals surface area (Å²) in [4.78, 5) is 0. The monoisotopic (exact) mass is 378 g/mol. The first-order chi connectivity index (χ1) is 11.6. The van der Waals surface area contributed by atoms with Crippen molar-refractivity contribution in [1.29, 1.82) is 21.2 Å². The second-order valence-electron chi connectivity index (χ2n) is 6.28. The zero-order chi connectivity index (χ0) is 17.3. The highest BCUT2D eigenvalue weighted by molar-refractivity contribution is 9.10. The molecule has 0 unspecified atom stereocenters. The van der Waals surface area contributed by atoms with Gasteiger partial charge in [-0.1, -0.05) is 34.1 Å². The third kappa shape index (κ3) is 2.27. The number of nitrogens with zero attached hydrogens (tertiary/aromatic N) is 3. The van der Waals surface area contributed by atoms with Crippen molar-refractivity contribution in [3.8, 4) is 18.2 Å². The molecule has 0 aromatic heterocycles. The van der Waals surface area contributed by atoms with E-state index in [4.69, 9.17) is 5.41 Å². The molecule has 1 N–H and O–H groups in total. The summed E-state index contributed by atoms with van der Waals surface area (Å²) in [6.45, 7) is 0.